The highest BCUT2D eigenvalue weighted by Gasteiger charge is 2.26. The molecule has 0 radical (unpaired) electrons. The van der Waals surface area contributed by atoms with Crippen molar-refractivity contribution in [2.75, 3.05) is 39.6 Å². The van der Waals surface area contributed by atoms with Crippen LogP contribution in [-0.2, 0) is 14.8 Å². The van der Waals surface area contributed by atoms with Gasteiger partial charge in [0.2, 0.25) is 10.0 Å². The number of nitrogen functional groups attached to an aromatic ring is 1. The van der Waals surface area contributed by atoms with Crippen LogP contribution in [0.1, 0.15) is 0 Å². The lowest BCUT2D eigenvalue weighted by atomic mass is 10.3. The molecule has 0 aliphatic heterocycles. The average Bonchev–Trinajstić information content (AvgIpc) is 2.42. The molecule has 1 rings (SSSR count). The van der Waals surface area contributed by atoms with E-state index in [1.54, 1.807) is 0 Å². The van der Waals surface area contributed by atoms with E-state index in [9.17, 15) is 8.42 Å². The summed E-state index contributed by atoms with van der Waals surface area (Å²) in [5.74, 6) is 0.219. The Morgan fingerprint density at radius 1 is 1.40 bits per heavy atom. The zero-order valence-corrected chi connectivity index (χ0v) is 12.5. The maximum absolute atomic E-state index is 12.6. The van der Waals surface area contributed by atoms with Gasteiger partial charge in [-0.15, -0.1) is 6.58 Å². The predicted molar refractivity (Wildman–Crippen MR) is 78.2 cm³/mol. The molecule has 0 fully saturated rings. The second-order valence-electron chi connectivity index (χ2n) is 4.05. The van der Waals surface area contributed by atoms with Crippen LogP contribution in [0, 0.1) is 0 Å². The summed E-state index contributed by atoms with van der Waals surface area (Å²) in [6.45, 7) is 4.30. The van der Waals surface area contributed by atoms with Crippen molar-refractivity contribution in [3.63, 3.8) is 0 Å². The maximum Gasteiger partial charge on any atom is 0.247 e. The lowest BCUT2D eigenvalue weighted by Crippen LogP contribution is -2.34. The van der Waals surface area contributed by atoms with Crippen molar-refractivity contribution in [2.24, 2.45) is 0 Å². The number of ether oxygens (including phenoxy) is 2. The summed E-state index contributed by atoms with van der Waals surface area (Å²) in [5.41, 5.74) is 6.07. The van der Waals surface area contributed by atoms with Gasteiger partial charge in [-0.25, -0.2) is 8.42 Å². The number of nitrogens with two attached hydrogens (primary N) is 1. The summed E-state index contributed by atoms with van der Waals surface area (Å²) in [6.07, 6.45) is 1.52. The molecule has 2 N–H and O–H groups in total. The monoisotopic (exact) mass is 300 g/mol. The van der Waals surface area contributed by atoms with E-state index in [2.05, 4.69) is 6.58 Å². The molecule has 1 aromatic carbocycles. The minimum absolute atomic E-state index is 0.0761. The summed E-state index contributed by atoms with van der Waals surface area (Å²) in [4.78, 5) is 0.0761. The van der Waals surface area contributed by atoms with Gasteiger partial charge in [-0.2, -0.15) is 4.31 Å². The molecule has 0 saturated heterocycles. The Labute approximate surface area is 119 Å². The van der Waals surface area contributed by atoms with E-state index < -0.39 is 10.0 Å². The van der Waals surface area contributed by atoms with Gasteiger partial charge in [-0.3, -0.25) is 0 Å². The number of sulfonamides is 1. The zero-order chi connectivity index (χ0) is 15.2. The highest BCUT2D eigenvalue weighted by atomic mass is 32.2. The fourth-order valence-electron chi connectivity index (χ4n) is 1.68. The molecule has 112 valence electrons. The van der Waals surface area contributed by atoms with Gasteiger partial charge in [0.05, 0.1) is 13.7 Å². The number of methoxy groups -OCH3 is 2. The van der Waals surface area contributed by atoms with E-state index in [0.29, 0.717) is 12.3 Å². The van der Waals surface area contributed by atoms with Crippen molar-refractivity contribution < 1.29 is 17.9 Å². The van der Waals surface area contributed by atoms with Crippen molar-refractivity contribution in [2.45, 2.75) is 4.90 Å². The van der Waals surface area contributed by atoms with Crippen molar-refractivity contribution in [3.8, 4) is 5.75 Å². The molecule has 0 heterocycles. The third-order valence-corrected chi connectivity index (χ3v) is 4.59. The molecular weight excluding hydrogens is 280 g/mol. The van der Waals surface area contributed by atoms with E-state index in [0.717, 1.165) is 0 Å². The predicted octanol–water partition coefficient (Wildman–Crippen LogP) is 1.10. The fraction of sp³-hybridized carbons (Fsp3) is 0.385. The van der Waals surface area contributed by atoms with E-state index in [4.69, 9.17) is 15.2 Å². The summed E-state index contributed by atoms with van der Waals surface area (Å²) >= 11 is 0. The van der Waals surface area contributed by atoms with Crippen molar-refractivity contribution in [1.82, 2.24) is 4.31 Å². The Hall–Kier alpha value is -1.57. The van der Waals surface area contributed by atoms with Gasteiger partial charge in [-0.1, -0.05) is 6.08 Å². The third-order valence-electron chi connectivity index (χ3n) is 2.68. The largest absolute Gasteiger partial charge is 0.495 e. The smallest absolute Gasteiger partial charge is 0.247 e. The number of anilines is 1. The third kappa shape index (κ3) is 3.72. The van der Waals surface area contributed by atoms with Gasteiger partial charge in [-0.05, 0) is 12.1 Å². The zero-order valence-electron chi connectivity index (χ0n) is 11.7. The van der Waals surface area contributed by atoms with Crippen molar-refractivity contribution in [3.05, 3.63) is 30.9 Å². The van der Waals surface area contributed by atoms with E-state index in [1.807, 2.05) is 0 Å². The highest BCUT2D eigenvalue weighted by molar-refractivity contribution is 7.89. The molecule has 0 unspecified atom stereocenters. The van der Waals surface area contributed by atoms with Gasteiger partial charge >= 0.3 is 0 Å². The van der Waals surface area contributed by atoms with Gasteiger partial charge in [0, 0.05) is 32.0 Å². The lowest BCUT2D eigenvalue weighted by Gasteiger charge is -2.21. The van der Waals surface area contributed by atoms with Crippen LogP contribution in [0.2, 0.25) is 0 Å². The second-order valence-corrected chi connectivity index (χ2v) is 5.96. The van der Waals surface area contributed by atoms with Crippen LogP contribution in [0.3, 0.4) is 0 Å². The van der Waals surface area contributed by atoms with Crippen LogP contribution in [0.5, 0.6) is 5.75 Å². The normalized spacial score (nSPS) is 11.6. The molecule has 0 saturated carbocycles. The first-order valence-electron chi connectivity index (χ1n) is 6.00. The van der Waals surface area contributed by atoms with Gasteiger partial charge in [0.1, 0.15) is 10.6 Å². The first kappa shape index (κ1) is 16.5. The molecule has 0 atom stereocenters. The standard InChI is InChI=1S/C13H20N2O4S/c1-4-7-15(8-9-18-2)20(16,17)13-6-5-11(14)10-12(13)19-3/h4-6,10H,1,7-9,14H2,2-3H3. The maximum atomic E-state index is 12.6. The SMILES string of the molecule is C=CCN(CCOC)S(=O)(=O)c1ccc(N)cc1OC. The van der Waals surface area contributed by atoms with Crippen molar-refractivity contribution >= 4 is 15.7 Å². The summed E-state index contributed by atoms with van der Waals surface area (Å²) < 4.78 is 36.6. The minimum atomic E-state index is -3.69. The Kier molecular flexibility index (Phi) is 6.00. The Morgan fingerprint density at radius 2 is 2.10 bits per heavy atom. The van der Waals surface area contributed by atoms with Crippen LogP contribution in [-0.4, -0.2) is 46.6 Å². The molecule has 1 aromatic rings. The Morgan fingerprint density at radius 3 is 2.65 bits per heavy atom. The minimum Gasteiger partial charge on any atom is -0.495 e. The number of nitrogens with zero attached hydrogens (tertiary/aromatic N) is 1. The Bertz CT molecular complexity index is 557. The van der Waals surface area contributed by atoms with Gasteiger partial charge in [0.15, 0.2) is 0 Å². The number of hydrogen-bond donors (Lipinski definition) is 1. The molecule has 6 nitrogen and oxygen atoms in total. The lowest BCUT2D eigenvalue weighted by molar-refractivity contribution is 0.182. The molecule has 0 amide bonds. The Balaban J connectivity index is 3.21. The number of hydrogen-bond acceptors (Lipinski definition) is 5. The number of benzene rings is 1. The van der Waals surface area contributed by atoms with Crippen LogP contribution < -0.4 is 10.5 Å². The second kappa shape index (κ2) is 7.28. The van der Waals surface area contributed by atoms with Crippen LogP contribution >= 0.6 is 0 Å². The summed E-state index contributed by atoms with van der Waals surface area (Å²) in [7, 11) is -0.774. The van der Waals surface area contributed by atoms with Crippen LogP contribution in [0.25, 0.3) is 0 Å². The molecule has 0 spiro atoms. The molecule has 0 aliphatic rings. The molecule has 0 aromatic heterocycles. The van der Waals surface area contributed by atoms with E-state index in [1.165, 1.54) is 42.8 Å². The van der Waals surface area contributed by atoms with Crippen LogP contribution in [0.4, 0.5) is 5.69 Å². The van der Waals surface area contributed by atoms with E-state index >= 15 is 0 Å². The van der Waals surface area contributed by atoms with E-state index in [-0.39, 0.29) is 23.7 Å². The topological polar surface area (TPSA) is 81.9 Å². The van der Waals surface area contributed by atoms with Gasteiger partial charge in [0.25, 0.3) is 0 Å². The molecule has 0 bridgehead atoms. The molecule has 7 heteroatoms. The number of rotatable bonds is 8. The first-order chi connectivity index (χ1) is 9.47. The van der Waals surface area contributed by atoms with Crippen molar-refractivity contribution in [1.29, 1.82) is 0 Å². The summed E-state index contributed by atoms with van der Waals surface area (Å²) in [6, 6.07) is 4.44. The van der Waals surface area contributed by atoms with Gasteiger partial charge < -0.3 is 15.2 Å². The molecule has 20 heavy (non-hydrogen) atoms. The highest BCUT2D eigenvalue weighted by Crippen LogP contribution is 2.28. The molecular formula is C13H20N2O4S. The summed E-state index contributed by atoms with van der Waals surface area (Å²) in [5, 5.41) is 0. The quantitative estimate of drug-likeness (QED) is 0.574. The average molecular weight is 300 g/mol. The fourth-order valence-corrected chi connectivity index (χ4v) is 3.21. The first-order valence-corrected chi connectivity index (χ1v) is 7.45. The van der Waals surface area contributed by atoms with Crippen LogP contribution in [0.15, 0.2) is 35.7 Å². The molecule has 0 aliphatic carbocycles.